The van der Waals surface area contributed by atoms with Crippen molar-refractivity contribution in [3.8, 4) is 22.5 Å². The predicted octanol–water partition coefficient (Wildman–Crippen LogP) is 7.93. The molecule has 5 aromatic rings. The van der Waals surface area contributed by atoms with E-state index in [1.165, 1.54) is 21.4 Å². The summed E-state index contributed by atoms with van der Waals surface area (Å²) in [7, 11) is 0. The van der Waals surface area contributed by atoms with E-state index in [4.69, 9.17) is 0 Å². The molecule has 0 saturated carbocycles. The molecule has 35 heavy (non-hydrogen) atoms. The van der Waals surface area contributed by atoms with Crippen LogP contribution in [0.3, 0.4) is 0 Å². The summed E-state index contributed by atoms with van der Waals surface area (Å²) in [5.41, 5.74) is 7.80. The molecule has 0 N–H and O–H groups in total. The average molecular weight is 656 g/mol. The van der Waals surface area contributed by atoms with Gasteiger partial charge in [0.25, 0.3) is 0 Å². The van der Waals surface area contributed by atoms with Gasteiger partial charge in [0.2, 0.25) is 0 Å². The molecule has 0 saturated heterocycles. The fraction of sp³-hybridized carbons (Fsp3) is 0.233. The SMILES string of the molecule is Cc1cccc(-c2[c-]cccc2)n1.Cc1sc2ncnc(-c3[c-]cc(C(C)(C)C)cc3)c2c1C.[Ir]. The first-order valence-corrected chi connectivity index (χ1v) is 12.2. The maximum atomic E-state index is 4.51. The monoisotopic (exact) mass is 656 g/mol. The van der Waals surface area contributed by atoms with Crippen molar-refractivity contribution in [1.82, 2.24) is 15.0 Å². The molecule has 0 atom stereocenters. The summed E-state index contributed by atoms with van der Waals surface area (Å²) < 4.78 is 0. The van der Waals surface area contributed by atoms with Crippen LogP contribution in [0.4, 0.5) is 0 Å². The van der Waals surface area contributed by atoms with Crippen LogP contribution in [0.1, 0.15) is 42.5 Å². The van der Waals surface area contributed by atoms with E-state index in [0.717, 1.165) is 33.0 Å². The second-order valence-corrected chi connectivity index (χ2v) is 10.6. The molecule has 3 aromatic heterocycles. The molecule has 2 aromatic carbocycles. The van der Waals surface area contributed by atoms with Crippen LogP contribution >= 0.6 is 11.3 Å². The molecule has 181 valence electrons. The van der Waals surface area contributed by atoms with Gasteiger partial charge in [0.05, 0.1) is 0 Å². The van der Waals surface area contributed by atoms with Gasteiger partial charge in [-0.15, -0.1) is 82.6 Å². The van der Waals surface area contributed by atoms with E-state index in [0.29, 0.717) is 0 Å². The van der Waals surface area contributed by atoms with Crippen molar-refractivity contribution in [3.05, 3.63) is 101 Å². The van der Waals surface area contributed by atoms with Gasteiger partial charge in [0, 0.05) is 36.4 Å². The molecular formula is C30H29IrN3S-2. The minimum Gasteiger partial charge on any atom is -0.302 e. The van der Waals surface area contributed by atoms with Crippen LogP contribution in [0.5, 0.6) is 0 Å². The fourth-order valence-corrected chi connectivity index (χ4v) is 4.67. The topological polar surface area (TPSA) is 38.7 Å². The van der Waals surface area contributed by atoms with Crippen LogP contribution in [-0.2, 0) is 25.5 Å². The van der Waals surface area contributed by atoms with Crippen LogP contribution in [0.25, 0.3) is 32.7 Å². The number of aromatic nitrogens is 3. The first kappa shape index (κ1) is 26.9. The van der Waals surface area contributed by atoms with E-state index in [2.05, 4.69) is 79.9 Å². The first-order chi connectivity index (χ1) is 16.2. The fourth-order valence-electron chi connectivity index (χ4n) is 3.67. The summed E-state index contributed by atoms with van der Waals surface area (Å²) in [4.78, 5) is 15.7. The van der Waals surface area contributed by atoms with Crippen LogP contribution in [0.2, 0.25) is 0 Å². The Balaban J connectivity index is 0.000000211. The van der Waals surface area contributed by atoms with Gasteiger partial charge >= 0.3 is 0 Å². The van der Waals surface area contributed by atoms with Crippen molar-refractivity contribution >= 4 is 21.6 Å². The third-order valence-corrected chi connectivity index (χ3v) is 6.89. The third-order valence-electron chi connectivity index (χ3n) is 5.77. The van der Waals surface area contributed by atoms with E-state index >= 15 is 0 Å². The van der Waals surface area contributed by atoms with E-state index in [9.17, 15) is 0 Å². The largest absolute Gasteiger partial charge is 0.302 e. The molecule has 3 heterocycles. The Kier molecular flexibility index (Phi) is 8.71. The van der Waals surface area contributed by atoms with Gasteiger partial charge in [0.15, 0.2) is 0 Å². The Bertz CT molecular complexity index is 1400. The number of nitrogens with zero attached hydrogens (tertiary/aromatic N) is 3. The normalized spacial score (nSPS) is 10.9. The van der Waals surface area contributed by atoms with E-state index in [1.807, 2.05) is 49.4 Å². The summed E-state index contributed by atoms with van der Waals surface area (Å²) in [6, 6.07) is 26.8. The Hall–Kier alpha value is -2.72. The Morgan fingerprint density at radius 2 is 1.63 bits per heavy atom. The molecule has 0 amide bonds. The summed E-state index contributed by atoms with van der Waals surface area (Å²) in [6.45, 7) is 12.9. The molecule has 0 aliphatic heterocycles. The smallest absolute Gasteiger partial charge is 0.118 e. The molecule has 0 bridgehead atoms. The molecule has 0 aliphatic carbocycles. The third kappa shape index (κ3) is 6.29. The second kappa shape index (κ2) is 11.3. The van der Waals surface area contributed by atoms with E-state index < -0.39 is 0 Å². The summed E-state index contributed by atoms with van der Waals surface area (Å²) >= 11 is 1.73. The zero-order valence-electron chi connectivity index (χ0n) is 20.9. The minimum absolute atomic E-state index is 0. The maximum absolute atomic E-state index is 4.51. The number of aryl methyl sites for hydroxylation is 3. The van der Waals surface area contributed by atoms with Crippen molar-refractivity contribution in [2.45, 2.75) is 47.0 Å². The number of benzene rings is 2. The molecular weight excluding hydrogens is 627 g/mol. The van der Waals surface area contributed by atoms with Gasteiger partial charge in [-0.3, -0.25) is 4.98 Å². The molecule has 5 heteroatoms. The molecule has 1 radical (unpaired) electrons. The van der Waals surface area contributed by atoms with E-state index in [-0.39, 0.29) is 25.5 Å². The Morgan fingerprint density at radius 3 is 2.26 bits per heavy atom. The van der Waals surface area contributed by atoms with Gasteiger partial charge in [0.1, 0.15) is 11.2 Å². The van der Waals surface area contributed by atoms with Crippen molar-refractivity contribution in [2.75, 3.05) is 0 Å². The quantitative estimate of drug-likeness (QED) is 0.181. The number of pyridine rings is 1. The standard InChI is InChI=1S/C18H19N2S.C12H10N.Ir/c1-11-12(2)21-17-15(11)16(19-10-20-17)13-6-8-14(9-7-13)18(3,4)5;1-10-6-5-9-12(13-10)11-7-3-2-4-8-11;/h6,8-10H,1-5H3;2-7,9H,1H3;/q2*-1;. The number of rotatable bonds is 2. The van der Waals surface area contributed by atoms with Crippen LogP contribution in [-0.4, -0.2) is 15.0 Å². The molecule has 5 rings (SSSR count). The van der Waals surface area contributed by atoms with E-state index in [1.54, 1.807) is 17.7 Å². The Labute approximate surface area is 226 Å². The molecule has 0 fully saturated rings. The van der Waals surface area contributed by atoms with Gasteiger partial charge in [-0.05, 0) is 48.9 Å². The second-order valence-electron chi connectivity index (χ2n) is 9.37. The predicted molar refractivity (Wildman–Crippen MR) is 143 cm³/mol. The van der Waals surface area contributed by atoms with Gasteiger partial charge in [-0.25, -0.2) is 4.98 Å². The zero-order chi connectivity index (χ0) is 24.3. The average Bonchev–Trinajstić information content (AvgIpc) is 3.13. The van der Waals surface area contributed by atoms with Gasteiger partial charge < -0.3 is 4.98 Å². The molecule has 0 unspecified atom stereocenters. The van der Waals surface area contributed by atoms with Gasteiger partial charge in [-0.1, -0.05) is 32.9 Å². The number of hydrogen-bond acceptors (Lipinski definition) is 4. The molecule has 0 spiro atoms. The first-order valence-electron chi connectivity index (χ1n) is 11.4. The van der Waals surface area contributed by atoms with Crippen LogP contribution in [0.15, 0.2) is 67.0 Å². The van der Waals surface area contributed by atoms with Crippen molar-refractivity contribution in [1.29, 1.82) is 0 Å². The van der Waals surface area contributed by atoms with Crippen LogP contribution < -0.4 is 0 Å². The summed E-state index contributed by atoms with van der Waals surface area (Å²) in [5.74, 6) is 0. The summed E-state index contributed by atoms with van der Waals surface area (Å²) in [6.07, 6.45) is 1.65. The summed E-state index contributed by atoms with van der Waals surface area (Å²) in [5, 5.41) is 1.17. The van der Waals surface area contributed by atoms with Crippen LogP contribution in [0, 0.1) is 32.9 Å². The van der Waals surface area contributed by atoms with Gasteiger partial charge in [-0.2, -0.15) is 0 Å². The van der Waals surface area contributed by atoms with Crippen molar-refractivity contribution in [2.24, 2.45) is 0 Å². The maximum Gasteiger partial charge on any atom is 0.118 e. The number of hydrogen-bond donors (Lipinski definition) is 0. The number of thiophene rings is 1. The van der Waals surface area contributed by atoms with Crippen molar-refractivity contribution < 1.29 is 20.1 Å². The minimum atomic E-state index is 0. The Morgan fingerprint density at radius 1 is 0.829 bits per heavy atom. The zero-order valence-corrected chi connectivity index (χ0v) is 24.1. The molecule has 0 aliphatic rings. The molecule has 3 nitrogen and oxygen atoms in total. The number of fused-ring (bicyclic) bond motifs is 1. The van der Waals surface area contributed by atoms with Crippen molar-refractivity contribution in [3.63, 3.8) is 0 Å².